The zero-order valence-corrected chi connectivity index (χ0v) is 12.0. The van der Waals surface area contributed by atoms with Crippen LogP contribution in [0.5, 0.6) is 0 Å². The summed E-state index contributed by atoms with van der Waals surface area (Å²) < 4.78 is 0. The van der Waals surface area contributed by atoms with Gasteiger partial charge in [-0.1, -0.05) is 29.8 Å². The number of carbonyl (C=O) groups excluding carboxylic acids is 1. The topological polar surface area (TPSA) is 29.1 Å². The van der Waals surface area contributed by atoms with Crippen molar-refractivity contribution in [1.29, 1.82) is 0 Å². The first-order chi connectivity index (χ1) is 9.04. The molecular weight excluding hydrogens is 258 g/mol. The zero-order valence-electron chi connectivity index (χ0n) is 11.3. The van der Waals surface area contributed by atoms with E-state index < -0.39 is 0 Å². The molecule has 2 nitrogen and oxygen atoms in total. The average Bonchev–Trinajstić information content (AvgIpc) is 2.37. The first kappa shape index (κ1) is 13.6. The lowest BCUT2D eigenvalue weighted by Gasteiger charge is -2.13. The molecule has 2 aromatic carbocycles. The number of ketones is 1. The molecule has 19 heavy (non-hydrogen) atoms. The first-order valence-corrected chi connectivity index (χ1v) is 6.50. The second-order valence-corrected chi connectivity index (χ2v) is 4.97. The predicted octanol–water partition coefficient (Wildman–Crippen LogP) is 4.23. The highest BCUT2D eigenvalue weighted by Gasteiger charge is 2.17. The Kier molecular flexibility index (Phi) is 3.91. The number of anilines is 1. The van der Waals surface area contributed by atoms with Crippen molar-refractivity contribution < 1.29 is 4.79 Å². The second kappa shape index (κ2) is 5.45. The number of benzene rings is 2. The van der Waals surface area contributed by atoms with Crippen molar-refractivity contribution in [2.45, 2.75) is 13.8 Å². The predicted molar refractivity (Wildman–Crippen MR) is 80.3 cm³/mol. The molecule has 0 saturated carbocycles. The van der Waals surface area contributed by atoms with Crippen molar-refractivity contribution in [1.82, 2.24) is 0 Å². The third-order valence-corrected chi connectivity index (χ3v) is 3.42. The van der Waals surface area contributed by atoms with Crippen LogP contribution in [0.25, 0.3) is 0 Å². The molecule has 2 rings (SSSR count). The van der Waals surface area contributed by atoms with E-state index in [1.165, 1.54) is 0 Å². The van der Waals surface area contributed by atoms with E-state index in [9.17, 15) is 4.79 Å². The molecule has 0 heterocycles. The van der Waals surface area contributed by atoms with Gasteiger partial charge >= 0.3 is 0 Å². The van der Waals surface area contributed by atoms with Gasteiger partial charge in [0, 0.05) is 23.9 Å². The van der Waals surface area contributed by atoms with Gasteiger partial charge in [-0.2, -0.15) is 0 Å². The summed E-state index contributed by atoms with van der Waals surface area (Å²) in [7, 11) is 1.82. The summed E-state index contributed by atoms with van der Waals surface area (Å²) >= 11 is 6.10. The summed E-state index contributed by atoms with van der Waals surface area (Å²) in [4.78, 5) is 12.6. The molecule has 0 saturated heterocycles. The largest absolute Gasteiger partial charge is 0.387 e. The molecule has 0 fully saturated rings. The number of hydrogen-bond acceptors (Lipinski definition) is 2. The maximum Gasteiger partial charge on any atom is 0.196 e. The molecule has 0 bridgehead atoms. The highest BCUT2D eigenvalue weighted by molar-refractivity contribution is 6.35. The van der Waals surface area contributed by atoms with E-state index in [0.717, 1.165) is 16.8 Å². The van der Waals surface area contributed by atoms with E-state index >= 15 is 0 Å². The average molecular weight is 274 g/mol. The van der Waals surface area contributed by atoms with Crippen LogP contribution >= 0.6 is 11.6 Å². The Balaban J connectivity index is 2.59. The third-order valence-electron chi connectivity index (χ3n) is 3.09. The first-order valence-electron chi connectivity index (χ1n) is 6.13. The van der Waals surface area contributed by atoms with Crippen LogP contribution in [0.2, 0.25) is 5.02 Å². The SMILES string of the molecule is CNc1c(C)cc(C)cc1C(=O)c1ccccc1Cl. The standard InChI is InChI=1S/C16H16ClNO/c1-10-8-11(2)15(18-3)13(9-10)16(19)12-6-4-5-7-14(12)17/h4-9,18H,1-3H3. The molecule has 0 aliphatic heterocycles. The van der Waals surface area contributed by atoms with Gasteiger partial charge in [0.15, 0.2) is 5.78 Å². The Morgan fingerprint density at radius 1 is 1.11 bits per heavy atom. The molecule has 3 heteroatoms. The lowest BCUT2D eigenvalue weighted by Crippen LogP contribution is -2.08. The van der Waals surface area contributed by atoms with Crippen molar-refractivity contribution in [3.63, 3.8) is 0 Å². The van der Waals surface area contributed by atoms with Gasteiger partial charge in [-0.05, 0) is 43.2 Å². The van der Waals surface area contributed by atoms with Gasteiger partial charge in [0.1, 0.15) is 0 Å². The Morgan fingerprint density at radius 2 is 1.79 bits per heavy atom. The number of nitrogens with one attached hydrogen (secondary N) is 1. The van der Waals surface area contributed by atoms with Crippen LogP contribution < -0.4 is 5.32 Å². The van der Waals surface area contributed by atoms with Gasteiger partial charge in [-0.3, -0.25) is 4.79 Å². The maximum atomic E-state index is 12.6. The maximum absolute atomic E-state index is 12.6. The summed E-state index contributed by atoms with van der Waals surface area (Å²) in [5.74, 6) is -0.0539. The highest BCUT2D eigenvalue weighted by atomic mass is 35.5. The fourth-order valence-corrected chi connectivity index (χ4v) is 2.49. The van der Waals surface area contributed by atoms with Gasteiger partial charge in [-0.25, -0.2) is 0 Å². The number of halogens is 1. The van der Waals surface area contributed by atoms with Crippen molar-refractivity contribution in [2.75, 3.05) is 12.4 Å². The molecule has 0 aliphatic rings. The fourth-order valence-electron chi connectivity index (χ4n) is 2.27. The minimum absolute atomic E-state index is 0.0539. The minimum atomic E-state index is -0.0539. The van der Waals surface area contributed by atoms with E-state index in [4.69, 9.17) is 11.6 Å². The summed E-state index contributed by atoms with van der Waals surface area (Å²) in [6.45, 7) is 3.97. The number of hydrogen-bond donors (Lipinski definition) is 1. The molecule has 0 aliphatic carbocycles. The van der Waals surface area contributed by atoms with Gasteiger partial charge < -0.3 is 5.32 Å². The van der Waals surface area contributed by atoms with Crippen molar-refractivity contribution in [3.05, 3.63) is 63.7 Å². The van der Waals surface area contributed by atoms with E-state index in [-0.39, 0.29) is 5.78 Å². The summed E-state index contributed by atoms with van der Waals surface area (Å²) in [5.41, 5.74) is 4.17. The number of carbonyl (C=O) groups is 1. The summed E-state index contributed by atoms with van der Waals surface area (Å²) in [6, 6.07) is 11.1. The van der Waals surface area contributed by atoms with Crippen LogP contribution in [0.15, 0.2) is 36.4 Å². The Hall–Kier alpha value is -1.80. The zero-order chi connectivity index (χ0) is 14.0. The molecule has 1 N–H and O–H groups in total. The Bertz CT molecular complexity index is 635. The van der Waals surface area contributed by atoms with E-state index in [1.807, 2.05) is 39.1 Å². The van der Waals surface area contributed by atoms with E-state index in [1.54, 1.807) is 12.1 Å². The summed E-state index contributed by atoms with van der Waals surface area (Å²) in [5, 5.41) is 3.58. The number of aryl methyl sites for hydroxylation is 2. The Morgan fingerprint density at radius 3 is 2.42 bits per heavy atom. The molecule has 0 radical (unpaired) electrons. The van der Waals surface area contributed by atoms with Gasteiger partial charge in [-0.15, -0.1) is 0 Å². The van der Waals surface area contributed by atoms with Crippen LogP contribution in [0.3, 0.4) is 0 Å². The molecule has 0 atom stereocenters. The molecule has 0 unspecified atom stereocenters. The molecule has 2 aromatic rings. The molecule has 0 spiro atoms. The van der Waals surface area contributed by atoms with Crippen LogP contribution in [0.1, 0.15) is 27.0 Å². The molecule has 0 amide bonds. The van der Waals surface area contributed by atoms with Gasteiger partial charge in [0.05, 0.1) is 5.02 Å². The molecule has 0 aromatic heterocycles. The van der Waals surface area contributed by atoms with Crippen LogP contribution in [0.4, 0.5) is 5.69 Å². The molecule has 98 valence electrons. The van der Waals surface area contributed by atoms with Gasteiger partial charge in [0.2, 0.25) is 0 Å². The Labute approximate surface area is 118 Å². The smallest absolute Gasteiger partial charge is 0.196 e. The van der Waals surface area contributed by atoms with Crippen molar-refractivity contribution >= 4 is 23.1 Å². The second-order valence-electron chi connectivity index (χ2n) is 4.56. The van der Waals surface area contributed by atoms with E-state index in [0.29, 0.717) is 16.1 Å². The molecular formula is C16H16ClNO. The fraction of sp³-hybridized carbons (Fsp3) is 0.188. The van der Waals surface area contributed by atoms with Crippen LogP contribution in [-0.4, -0.2) is 12.8 Å². The third kappa shape index (κ3) is 2.64. The van der Waals surface area contributed by atoms with E-state index in [2.05, 4.69) is 11.4 Å². The van der Waals surface area contributed by atoms with Crippen molar-refractivity contribution in [2.24, 2.45) is 0 Å². The quantitative estimate of drug-likeness (QED) is 0.848. The van der Waals surface area contributed by atoms with Crippen molar-refractivity contribution in [3.8, 4) is 0 Å². The van der Waals surface area contributed by atoms with Crippen LogP contribution in [0, 0.1) is 13.8 Å². The number of rotatable bonds is 3. The minimum Gasteiger partial charge on any atom is -0.387 e. The normalized spacial score (nSPS) is 10.3. The van der Waals surface area contributed by atoms with Gasteiger partial charge in [0.25, 0.3) is 0 Å². The lowest BCUT2D eigenvalue weighted by molar-refractivity contribution is 0.103. The van der Waals surface area contributed by atoms with Crippen LogP contribution in [-0.2, 0) is 0 Å². The highest BCUT2D eigenvalue weighted by Crippen LogP contribution is 2.27. The monoisotopic (exact) mass is 273 g/mol. The lowest BCUT2D eigenvalue weighted by atomic mass is 9.97. The summed E-state index contributed by atoms with van der Waals surface area (Å²) in [6.07, 6.45) is 0.